The van der Waals surface area contributed by atoms with Crippen LogP contribution in [0.1, 0.15) is 19.8 Å². The van der Waals surface area contributed by atoms with Gasteiger partial charge in [0.1, 0.15) is 0 Å². The van der Waals surface area contributed by atoms with Gasteiger partial charge in [-0.1, -0.05) is 0 Å². The van der Waals surface area contributed by atoms with Gasteiger partial charge in [-0.3, -0.25) is 9.69 Å². The second-order valence-electron chi connectivity index (χ2n) is 5.54. The molecule has 1 saturated heterocycles. The molecule has 1 aliphatic rings. The van der Waals surface area contributed by atoms with Gasteiger partial charge in [-0.2, -0.15) is 0 Å². The van der Waals surface area contributed by atoms with E-state index in [9.17, 15) is 4.79 Å². The van der Waals surface area contributed by atoms with E-state index in [0.717, 1.165) is 45.7 Å². The van der Waals surface area contributed by atoms with Crippen molar-refractivity contribution >= 4 is 5.91 Å². The van der Waals surface area contributed by atoms with E-state index in [0.29, 0.717) is 6.42 Å². The molecule has 1 fully saturated rings. The Morgan fingerprint density at radius 2 is 1.89 bits per heavy atom. The van der Waals surface area contributed by atoms with Crippen molar-refractivity contribution in [2.24, 2.45) is 5.73 Å². The minimum Gasteiger partial charge on any atom is -0.340 e. The number of amides is 1. The van der Waals surface area contributed by atoms with E-state index in [-0.39, 0.29) is 11.9 Å². The standard InChI is InChI=1S/C13H28N4O/c1-12(14)4-5-13(18)17-10-8-16(9-11-17)7-6-15(2)3/h12H,4-11,14H2,1-3H3. The molecule has 1 aliphatic heterocycles. The fourth-order valence-electron chi connectivity index (χ4n) is 2.07. The summed E-state index contributed by atoms with van der Waals surface area (Å²) in [6.07, 6.45) is 1.38. The number of hydrogen-bond donors (Lipinski definition) is 1. The normalized spacial score (nSPS) is 19.3. The fourth-order valence-corrected chi connectivity index (χ4v) is 2.07. The third-order valence-corrected chi connectivity index (χ3v) is 3.40. The van der Waals surface area contributed by atoms with Gasteiger partial charge in [-0.25, -0.2) is 0 Å². The van der Waals surface area contributed by atoms with Gasteiger partial charge in [-0.15, -0.1) is 0 Å². The molecule has 0 saturated carbocycles. The largest absolute Gasteiger partial charge is 0.340 e. The lowest BCUT2D eigenvalue weighted by atomic mass is 10.1. The van der Waals surface area contributed by atoms with E-state index in [1.54, 1.807) is 0 Å². The molecule has 0 spiro atoms. The first kappa shape index (κ1) is 15.4. The molecule has 0 radical (unpaired) electrons. The third-order valence-electron chi connectivity index (χ3n) is 3.40. The van der Waals surface area contributed by atoms with E-state index >= 15 is 0 Å². The number of likely N-dealkylation sites (N-methyl/N-ethyl adjacent to an activating group) is 1. The molecule has 0 aliphatic carbocycles. The molecule has 1 heterocycles. The molecule has 0 aromatic heterocycles. The second-order valence-corrected chi connectivity index (χ2v) is 5.54. The van der Waals surface area contributed by atoms with E-state index in [4.69, 9.17) is 5.73 Å². The molecule has 0 aromatic carbocycles. The number of nitrogens with two attached hydrogens (primary N) is 1. The van der Waals surface area contributed by atoms with E-state index < -0.39 is 0 Å². The molecule has 1 unspecified atom stereocenters. The Hall–Kier alpha value is -0.650. The van der Waals surface area contributed by atoms with Crippen molar-refractivity contribution in [2.45, 2.75) is 25.8 Å². The lowest BCUT2D eigenvalue weighted by Gasteiger charge is -2.35. The molecule has 18 heavy (non-hydrogen) atoms. The quantitative estimate of drug-likeness (QED) is 0.716. The van der Waals surface area contributed by atoms with Crippen LogP contribution in [0.5, 0.6) is 0 Å². The summed E-state index contributed by atoms with van der Waals surface area (Å²) in [7, 11) is 4.18. The van der Waals surface area contributed by atoms with Crippen molar-refractivity contribution in [2.75, 3.05) is 53.4 Å². The SMILES string of the molecule is CC(N)CCC(=O)N1CCN(CCN(C)C)CC1. The Morgan fingerprint density at radius 3 is 2.39 bits per heavy atom. The monoisotopic (exact) mass is 256 g/mol. The molecule has 1 amide bonds. The number of piperazine rings is 1. The van der Waals surface area contributed by atoms with Crippen LogP contribution in [0, 0.1) is 0 Å². The molecule has 0 bridgehead atoms. The van der Waals surface area contributed by atoms with Crippen LogP contribution < -0.4 is 5.73 Å². The summed E-state index contributed by atoms with van der Waals surface area (Å²) in [4.78, 5) is 18.5. The van der Waals surface area contributed by atoms with Crippen LogP contribution >= 0.6 is 0 Å². The predicted octanol–water partition coefficient (Wildman–Crippen LogP) is -0.180. The number of rotatable bonds is 6. The Morgan fingerprint density at radius 1 is 1.28 bits per heavy atom. The van der Waals surface area contributed by atoms with Crippen LogP contribution in [0.3, 0.4) is 0 Å². The van der Waals surface area contributed by atoms with Crippen LogP contribution in [0.4, 0.5) is 0 Å². The molecule has 106 valence electrons. The number of carbonyl (C=O) groups is 1. The van der Waals surface area contributed by atoms with Crippen molar-refractivity contribution in [1.29, 1.82) is 0 Å². The summed E-state index contributed by atoms with van der Waals surface area (Å²) in [6, 6.07) is 0.121. The maximum atomic E-state index is 11.9. The van der Waals surface area contributed by atoms with E-state index in [2.05, 4.69) is 23.9 Å². The minimum atomic E-state index is 0.121. The zero-order valence-corrected chi connectivity index (χ0v) is 12.1. The van der Waals surface area contributed by atoms with E-state index in [1.165, 1.54) is 0 Å². The molecular weight excluding hydrogens is 228 g/mol. The van der Waals surface area contributed by atoms with Gasteiger partial charge < -0.3 is 15.5 Å². The summed E-state index contributed by atoms with van der Waals surface area (Å²) in [6.45, 7) is 7.85. The van der Waals surface area contributed by atoms with E-state index in [1.807, 2.05) is 11.8 Å². The Labute approximate surface area is 111 Å². The average molecular weight is 256 g/mol. The zero-order chi connectivity index (χ0) is 13.5. The first-order valence-electron chi connectivity index (χ1n) is 6.89. The van der Waals surface area contributed by atoms with Gasteiger partial charge in [0, 0.05) is 51.7 Å². The van der Waals surface area contributed by atoms with Crippen LogP contribution in [0.2, 0.25) is 0 Å². The maximum absolute atomic E-state index is 11.9. The highest BCUT2D eigenvalue weighted by Gasteiger charge is 2.20. The molecular formula is C13H28N4O. The van der Waals surface area contributed by atoms with Crippen molar-refractivity contribution in [3.05, 3.63) is 0 Å². The molecule has 1 rings (SSSR count). The molecule has 5 nitrogen and oxygen atoms in total. The van der Waals surface area contributed by atoms with Crippen molar-refractivity contribution in [1.82, 2.24) is 14.7 Å². The molecule has 0 aromatic rings. The Bertz CT molecular complexity index is 247. The topological polar surface area (TPSA) is 52.8 Å². The summed E-state index contributed by atoms with van der Waals surface area (Å²) in [5, 5.41) is 0. The Kier molecular flexibility index (Phi) is 6.60. The van der Waals surface area contributed by atoms with Crippen LogP contribution in [-0.4, -0.2) is 80.0 Å². The maximum Gasteiger partial charge on any atom is 0.222 e. The summed E-state index contributed by atoms with van der Waals surface area (Å²) >= 11 is 0. The number of hydrogen-bond acceptors (Lipinski definition) is 4. The zero-order valence-electron chi connectivity index (χ0n) is 12.1. The fraction of sp³-hybridized carbons (Fsp3) is 0.923. The second kappa shape index (κ2) is 7.71. The molecule has 1 atom stereocenters. The van der Waals surface area contributed by atoms with Gasteiger partial charge in [0.05, 0.1) is 0 Å². The highest BCUT2D eigenvalue weighted by Crippen LogP contribution is 2.06. The van der Waals surface area contributed by atoms with Gasteiger partial charge >= 0.3 is 0 Å². The van der Waals surface area contributed by atoms with Crippen molar-refractivity contribution in [3.63, 3.8) is 0 Å². The number of nitrogens with zero attached hydrogens (tertiary/aromatic N) is 3. The molecule has 2 N–H and O–H groups in total. The highest BCUT2D eigenvalue weighted by molar-refractivity contribution is 5.76. The summed E-state index contributed by atoms with van der Waals surface area (Å²) in [5.41, 5.74) is 5.68. The summed E-state index contributed by atoms with van der Waals surface area (Å²) < 4.78 is 0. The first-order valence-corrected chi connectivity index (χ1v) is 6.89. The van der Waals surface area contributed by atoms with Crippen LogP contribution in [0.15, 0.2) is 0 Å². The number of carbonyl (C=O) groups excluding carboxylic acids is 1. The third kappa shape index (κ3) is 5.80. The highest BCUT2D eigenvalue weighted by atomic mass is 16.2. The lowest BCUT2D eigenvalue weighted by molar-refractivity contribution is -0.133. The van der Waals surface area contributed by atoms with Gasteiger partial charge in [0.25, 0.3) is 0 Å². The molecule has 5 heteroatoms. The van der Waals surface area contributed by atoms with Gasteiger partial charge in [0.15, 0.2) is 0 Å². The predicted molar refractivity (Wildman–Crippen MR) is 74.5 cm³/mol. The van der Waals surface area contributed by atoms with Gasteiger partial charge in [0.2, 0.25) is 5.91 Å². The van der Waals surface area contributed by atoms with Crippen molar-refractivity contribution in [3.8, 4) is 0 Å². The average Bonchev–Trinajstić information content (AvgIpc) is 2.34. The first-order chi connectivity index (χ1) is 8.49. The smallest absolute Gasteiger partial charge is 0.222 e. The minimum absolute atomic E-state index is 0.121. The van der Waals surface area contributed by atoms with Crippen LogP contribution in [0.25, 0.3) is 0 Å². The van der Waals surface area contributed by atoms with Gasteiger partial charge in [-0.05, 0) is 27.4 Å². The summed E-state index contributed by atoms with van der Waals surface area (Å²) in [5.74, 6) is 0.263. The van der Waals surface area contributed by atoms with Crippen molar-refractivity contribution < 1.29 is 4.79 Å². The Balaban J connectivity index is 2.20. The lowest BCUT2D eigenvalue weighted by Crippen LogP contribution is -2.50. The van der Waals surface area contributed by atoms with Crippen LogP contribution in [-0.2, 0) is 4.79 Å².